The van der Waals surface area contributed by atoms with Crippen molar-refractivity contribution in [1.82, 2.24) is 30.8 Å². The molecule has 1 saturated heterocycles. The third-order valence-electron chi connectivity index (χ3n) is 3.90. The lowest BCUT2D eigenvalue weighted by atomic mass is 10.1. The third-order valence-corrected chi connectivity index (χ3v) is 3.90. The number of hydrogen-bond donors (Lipinski definition) is 3. The van der Waals surface area contributed by atoms with E-state index in [1.54, 1.807) is 6.92 Å². The quantitative estimate of drug-likeness (QED) is 0.763. The predicted molar refractivity (Wildman–Crippen MR) is 86.7 cm³/mol. The summed E-state index contributed by atoms with van der Waals surface area (Å²) in [6.45, 7) is 2.25. The lowest BCUT2D eigenvalue weighted by molar-refractivity contribution is -0.122. The third kappa shape index (κ3) is 3.90. The largest absolute Gasteiger partial charge is 0.354 e. The van der Waals surface area contributed by atoms with E-state index in [9.17, 15) is 14.0 Å². The Kier molecular flexibility index (Phi) is 4.87. The maximum absolute atomic E-state index is 14.0. The summed E-state index contributed by atoms with van der Waals surface area (Å²) in [4.78, 5) is 24.0. The van der Waals surface area contributed by atoms with Crippen molar-refractivity contribution in [3.05, 3.63) is 29.8 Å². The molecule has 1 atom stereocenters. The van der Waals surface area contributed by atoms with E-state index in [0.717, 1.165) is 12.8 Å². The summed E-state index contributed by atoms with van der Waals surface area (Å²) in [5, 5.41) is 18.9. The lowest BCUT2D eigenvalue weighted by Crippen LogP contribution is -2.47. The molecule has 3 rings (SSSR count). The van der Waals surface area contributed by atoms with Gasteiger partial charge in [0.15, 0.2) is 5.82 Å². The molecule has 1 aromatic heterocycles. The number of nitrogens with zero attached hydrogens (tertiary/aromatic N) is 4. The average Bonchev–Trinajstić information content (AvgIpc) is 2.90. The zero-order valence-corrected chi connectivity index (χ0v) is 13.6. The van der Waals surface area contributed by atoms with Crippen molar-refractivity contribution >= 4 is 17.6 Å². The van der Waals surface area contributed by atoms with E-state index in [2.05, 4.69) is 31.5 Å². The molecule has 3 N–H and O–H groups in total. The monoisotopic (exact) mass is 347 g/mol. The van der Waals surface area contributed by atoms with Gasteiger partial charge in [-0.1, -0.05) is 0 Å². The Morgan fingerprint density at radius 3 is 3.00 bits per heavy atom. The normalized spacial score (nSPS) is 17.5. The fraction of sp³-hybridized carbons (Fsp3) is 0.400. The molecule has 2 aromatic rings. The van der Waals surface area contributed by atoms with Crippen molar-refractivity contribution < 1.29 is 14.0 Å². The van der Waals surface area contributed by atoms with Crippen molar-refractivity contribution in [2.45, 2.75) is 32.2 Å². The number of benzene rings is 1. The van der Waals surface area contributed by atoms with Crippen LogP contribution in [0.5, 0.6) is 0 Å². The van der Waals surface area contributed by atoms with Gasteiger partial charge in [0, 0.05) is 12.2 Å². The number of anilines is 1. The second-order valence-corrected chi connectivity index (χ2v) is 5.74. The number of aryl methyl sites for hydroxylation is 1. The first-order chi connectivity index (χ1) is 12.0. The summed E-state index contributed by atoms with van der Waals surface area (Å²) >= 11 is 0. The molecule has 0 saturated carbocycles. The molecule has 0 unspecified atom stereocenters. The Morgan fingerprint density at radius 1 is 1.40 bits per heavy atom. The van der Waals surface area contributed by atoms with E-state index in [1.807, 2.05) is 0 Å². The summed E-state index contributed by atoms with van der Waals surface area (Å²) < 4.78 is 15.3. The zero-order valence-electron chi connectivity index (χ0n) is 13.6. The molecule has 1 aromatic carbocycles. The molecule has 10 heteroatoms. The molecule has 1 aliphatic rings. The predicted octanol–water partition coefficient (Wildman–Crippen LogP) is 0.900. The number of hydrogen-bond acceptors (Lipinski definition) is 5. The van der Waals surface area contributed by atoms with Crippen molar-refractivity contribution in [2.24, 2.45) is 0 Å². The minimum absolute atomic E-state index is 0.118. The highest BCUT2D eigenvalue weighted by Crippen LogP contribution is 2.19. The molecule has 0 aliphatic carbocycles. The summed E-state index contributed by atoms with van der Waals surface area (Å²) in [6.07, 6.45) is 2.32. The minimum Gasteiger partial charge on any atom is -0.354 e. The van der Waals surface area contributed by atoms with Gasteiger partial charge >= 0.3 is 6.03 Å². The molecule has 2 heterocycles. The first-order valence-electron chi connectivity index (χ1n) is 7.95. The van der Waals surface area contributed by atoms with E-state index in [-0.39, 0.29) is 11.6 Å². The van der Waals surface area contributed by atoms with Crippen molar-refractivity contribution in [3.63, 3.8) is 0 Å². The van der Waals surface area contributed by atoms with Gasteiger partial charge < -0.3 is 16.0 Å². The number of tetrazole rings is 1. The highest BCUT2D eigenvalue weighted by Gasteiger charge is 2.22. The average molecular weight is 347 g/mol. The molecular formula is C15H18FN7O2. The Balaban J connectivity index is 1.71. The second kappa shape index (κ2) is 7.24. The first kappa shape index (κ1) is 16.8. The molecule has 0 spiro atoms. The summed E-state index contributed by atoms with van der Waals surface area (Å²) in [5.74, 6) is -0.308. The number of amides is 3. The maximum atomic E-state index is 14.0. The van der Waals surface area contributed by atoms with Crippen LogP contribution in [0.3, 0.4) is 0 Å². The Hall–Kier alpha value is -3.04. The minimum atomic E-state index is -0.579. The maximum Gasteiger partial charge on any atom is 0.319 e. The summed E-state index contributed by atoms with van der Waals surface area (Å²) in [7, 11) is 0. The van der Waals surface area contributed by atoms with Gasteiger partial charge in [0.1, 0.15) is 17.5 Å². The van der Waals surface area contributed by atoms with Gasteiger partial charge in [0.25, 0.3) is 0 Å². The molecule has 0 bridgehead atoms. The molecule has 25 heavy (non-hydrogen) atoms. The molecule has 1 aliphatic heterocycles. The molecular weight excluding hydrogens is 329 g/mol. The molecule has 0 radical (unpaired) electrons. The van der Waals surface area contributed by atoms with Gasteiger partial charge in [-0.3, -0.25) is 4.79 Å². The van der Waals surface area contributed by atoms with Gasteiger partial charge in [-0.05, 0) is 54.8 Å². The highest BCUT2D eigenvalue weighted by molar-refractivity contribution is 5.94. The van der Waals surface area contributed by atoms with E-state index < -0.39 is 17.9 Å². The van der Waals surface area contributed by atoms with Crippen LogP contribution in [-0.2, 0) is 4.79 Å². The number of urea groups is 1. The van der Waals surface area contributed by atoms with Crippen LogP contribution in [0.1, 0.15) is 25.1 Å². The number of aromatic nitrogens is 4. The molecule has 1 fully saturated rings. The van der Waals surface area contributed by atoms with E-state index in [1.165, 1.54) is 22.9 Å². The van der Waals surface area contributed by atoms with E-state index >= 15 is 0 Å². The number of halogens is 1. The van der Waals surface area contributed by atoms with Crippen LogP contribution in [-0.4, -0.2) is 44.7 Å². The second-order valence-electron chi connectivity index (χ2n) is 5.74. The Morgan fingerprint density at radius 2 is 2.24 bits per heavy atom. The molecule has 3 amide bonds. The fourth-order valence-corrected chi connectivity index (χ4v) is 2.61. The highest BCUT2D eigenvalue weighted by atomic mass is 19.1. The van der Waals surface area contributed by atoms with E-state index in [0.29, 0.717) is 24.5 Å². The smallest absolute Gasteiger partial charge is 0.319 e. The number of nitrogens with one attached hydrogen (secondary N) is 3. The lowest BCUT2D eigenvalue weighted by Gasteiger charge is -2.16. The van der Waals surface area contributed by atoms with Gasteiger partial charge in [0.2, 0.25) is 5.91 Å². The first-order valence-corrected chi connectivity index (χ1v) is 7.95. The van der Waals surface area contributed by atoms with Gasteiger partial charge in [-0.2, -0.15) is 4.68 Å². The van der Waals surface area contributed by atoms with Crippen molar-refractivity contribution in [3.8, 4) is 5.69 Å². The molecule has 132 valence electrons. The van der Waals surface area contributed by atoms with Crippen LogP contribution >= 0.6 is 0 Å². The number of rotatable bonds is 3. The summed E-state index contributed by atoms with van der Waals surface area (Å²) in [5.41, 5.74) is 0.477. The van der Waals surface area contributed by atoms with Crippen molar-refractivity contribution in [1.29, 1.82) is 0 Å². The van der Waals surface area contributed by atoms with Crippen LogP contribution in [0.25, 0.3) is 5.69 Å². The summed E-state index contributed by atoms with van der Waals surface area (Å²) in [6, 6.07) is 2.94. The number of carbonyl (C=O) groups excluding carboxylic acids is 2. The van der Waals surface area contributed by atoms with Crippen molar-refractivity contribution in [2.75, 3.05) is 11.9 Å². The van der Waals surface area contributed by atoms with Gasteiger partial charge in [-0.25, -0.2) is 9.18 Å². The standard InChI is InChI=1S/C15H18FN7O2/c1-9-20-21-22-23(9)13-8-10(5-6-11(13)16)18-15(25)19-12-4-2-3-7-17-14(12)24/h5-6,8,12H,2-4,7H2,1H3,(H,17,24)(H2,18,19,25)/t12-/m1/s1. The fourth-order valence-electron chi connectivity index (χ4n) is 2.61. The SMILES string of the molecule is Cc1nnnn1-c1cc(NC(=O)N[C@@H]2CCCCNC2=O)ccc1F. The zero-order chi connectivity index (χ0) is 17.8. The van der Waals surface area contributed by atoms with Crippen LogP contribution in [0, 0.1) is 12.7 Å². The van der Waals surface area contributed by atoms with Crippen LogP contribution in [0.4, 0.5) is 14.9 Å². The molecule has 9 nitrogen and oxygen atoms in total. The van der Waals surface area contributed by atoms with Gasteiger partial charge in [-0.15, -0.1) is 5.10 Å². The van der Waals surface area contributed by atoms with Gasteiger partial charge in [0.05, 0.1) is 0 Å². The van der Waals surface area contributed by atoms with Crippen LogP contribution < -0.4 is 16.0 Å². The van der Waals surface area contributed by atoms with Crippen LogP contribution in [0.2, 0.25) is 0 Å². The Bertz CT molecular complexity index is 792. The Labute approximate surface area is 143 Å². The topological polar surface area (TPSA) is 114 Å². The number of carbonyl (C=O) groups is 2. The van der Waals surface area contributed by atoms with E-state index in [4.69, 9.17) is 0 Å². The van der Waals surface area contributed by atoms with Crippen LogP contribution in [0.15, 0.2) is 18.2 Å².